The number of anilines is 1. The molecule has 0 aliphatic carbocycles. The zero-order valence-electron chi connectivity index (χ0n) is 10.0. The van der Waals surface area contributed by atoms with Crippen molar-refractivity contribution in [3.05, 3.63) is 29.8 Å². The number of rotatable bonds is 7. The maximum absolute atomic E-state index is 5.84. The quantitative estimate of drug-likeness (QED) is 0.583. The zero-order chi connectivity index (χ0) is 11.8. The van der Waals surface area contributed by atoms with E-state index in [1.807, 2.05) is 24.3 Å². The van der Waals surface area contributed by atoms with Crippen LogP contribution < -0.4 is 5.32 Å². The maximum Gasteiger partial charge on any atom is 0.0639 e. The summed E-state index contributed by atoms with van der Waals surface area (Å²) in [6.07, 6.45) is 0. The molecule has 1 rings (SSSR count). The Hall–Kier alpha value is -0.730. The van der Waals surface area contributed by atoms with E-state index in [0.717, 1.165) is 31.0 Å². The molecule has 0 bridgehead atoms. The van der Waals surface area contributed by atoms with Crippen molar-refractivity contribution in [3.63, 3.8) is 0 Å². The minimum atomic E-state index is 0.538. The van der Waals surface area contributed by atoms with Crippen molar-refractivity contribution in [2.75, 3.05) is 25.1 Å². The fraction of sp³-hybridized carbons (Fsp3) is 0.538. The minimum absolute atomic E-state index is 0.538. The molecule has 0 unspecified atom stereocenters. The summed E-state index contributed by atoms with van der Waals surface area (Å²) >= 11 is 5.84. The Morgan fingerprint density at radius 3 is 2.75 bits per heavy atom. The minimum Gasteiger partial charge on any atom is -0.382 e. The van der Waals surface area contributed by atoms with E-state index in [4.69, 9.17) is 16.3 Å². The molecule has 16 heavy (non-hydrogen) atoms. The monoisotopic (exact) mass is 241 g/mol. The van der Waals surface area contributed by atoms with Gasteiger partial charge in [-0.25, -0.2) is 0 Å². The van der Waals surface area contributed by atoms with Gasteiger partial charge in [0.1, 0.15) is 0 Å². The molecule has 90 valence electrons. The molecular weight excluding hydrogens is 222 g/mol. The molecule has 1 aromatic carbocycles. The molecular formula is C13H20ClNO. The molecule has 0 saturated heterocycles. The molecule has 1 N–H and O–H groups in total. The summed E-state index contributed by atoms with van der Waals surface area (Å²) in [6, 6.07) is 8.08. The number of ether oxygens (including phenoxy) is 1. The predicted octanol–water partition coefficient (Wildman–Crippen LogP) is 3.51. The molecule has 0 saturated carbocycles. The standard InChI is InChI=1S/C13H20ClNO/c1-11(2)10-16-8-7-15-13-6-4-3-5-12(13)9-14/h3-6,11,15H,7-10H2,1-2H3. The zero-order valence-corrected chi connectivity index (χ0v) is 10.8. The van der Waals surface area contributed by atoms with Crippen LogP contribution in [0, 0.1) is 5.92 Å². The number of para-hydroxylation sites is 1. The molecule has 0 heterocycles. The Morgan fingerprint density at radius 1 is 1.31 bits per heavy atom. The van der Waals surface area contributed by atoms with Crippen LogP contribution >= 0.6 is 11.6 Å². The van der Waals surface area contributed by atoms with Gasteiger partial charge in [0.15, 0.2) is 0 Å². The Kier molecular flexibility index (Phi) is 6.27. The molecule has 2 nitrogen and oxygen atoms in total. The van der Waals surface area contributed by atoms with Crippen molar-refractivity contribution in [1.82, 2.24) is 0 Å². The van der Waals surface area contributed by atoms with Crippen LogP contribution in [0.4, 0.5) is 5.69 Å². The highest BCUT2D eigenvalue weighted by molar-refractivity contribution is 6.17. The van der Waals surface area contributed by atoms with E-state index in [9.17, 15) is 0 Å². The first kappa shape index (κ1) is 13.3. The fourth-order valence-electron chi connectivity index (χ4n) is 1.39. The molecule has 0 radical (unpaired) electrons. The van der Waals surface area contributed by atoms with Crippen LogP contribution in [0.25, 0.3) is 0 Å². The van der Waals surface area contributed by atoms with E-state index in [1.54, 1.807) is 0 Å². The van der Waals surface area contributed by atoms with Crippen molar-refractivity contribution in [3.8, 4) is 0 Å². The number of hydrogen-bond donors (Lipinski definition) is 1. The normalized spacial score (nSPS) is 10.8. The van der Waals surface area contributed by atoms with Crippen molar-refractivity contribution < 1.29 is 4.74 Å². The summed E-state index contributed by atoms with van der Waals surface area (Å²) in [5.41, 5.74) is 2.23. The van der Waals surface area contributed by atoms with Gasteiger partial charge >= 0.3 is 0 Å². The summed E-state index contributed by atoms with van der Waals surface area (Å²) in [7, 11) is 0. The first-order valence-corrected chi connectivity index (χ1v) is 6.23. The van der Waals surface area contributed by atoms with Gasteiger partial charge in [0.2, 0.25) is 0 Å². The fourth-order valence-corrected chi connectivity index (χ4v) is 1.62. The van der Waals surface area contributed by atoms with E-state index in [0.29, 0.717) is 11.8 Å². The van der Waals surface area contributed by atoms with Gasteiger partial charge in [-0.2, -0.15) is 0 Å². The van der Waals surface area contributed by atoms with Gasteiger partial charge < -0.3 is 10.1 Å². The highest BCUT2D eigenvalue weighted by atomic mass is 35.5. The maximum atomic E-state index is 5.84. The lowest BCUT2D eigenvalue weighted by atomic mass is 10.2. The summed E-state index contributed by atoms with van der Waals surface area (Å²) in [4.78, 5) is 0. The molecule has 0 aliphatic heterocycles. The average molecular weight is 242 g/mol. The molecule has 0 fully saturated rings. The van der Waals surface area contributed by atoms with E-state index in [2.05, 4.69) is 19.2 Å². The van der Waals surface area contributed by atoms with Crippen molar-refractivity contribution >= 4 is 17.3 Å². The Labute approximate surface area is 103 Å². The largest absolute Gasteiger partial charge is 0.382 e. The van der Waals surface area contributed by atoms with Gasteiger partial charge in [-0.05, 0) is 17.5 Å². The number of alkyl halides is 1. The Bertz CT molecular complexity index is 302. The lowest BCUT2D eigenvalue weighted by molar-refractivity contribution is 0.118. The Balaban J connectivity index is 2.26. The van der Waals surface area contributed by atoms with Crippen LogP contribution in [0.1, 0.15) is 19.4 Å². The highest BCUT2D eigenvalue weighted by Crippen LogP contribution is 2.16. The van der Waals surface area contributed by atoms with E-state index in [1.165, 1.54) is 0 Å². The van der Waals surface area contributed by atoms with E-state index < -0.39 is 0 Å². The summed E-state index contributed by atoms with van der Waals surface area (Å²) < 4.78 is 5.49. The summed E-state index contributed by atoms with van der Waals surface area (Å²) in [5, 5.41) is 3.33. The number of hydrogen-bond acceptors (Lipinski definition) is 2. The first-order valence-electron chi connectivity index (χ1n) is 5.69. The molecule has 0 amide bonds. The topological polar surface area (TPSA) is 21.3 Å². The first-order chi connectivity index (χ1) is 7.74. The highest BCUT2D eigenvalue weighted by Gasteiger charge is 1.99. The smallest absolute Gasteiger partial charge is 0.0639 e. The number of halogens is 1. The summed E-state index contributed by atoms with van der Waals surface area (Å²) in [6.45, 7) is 6.67. The number of nitrogens with one attached hydrogen (secondary N) is 1. The second kappa shape index (κ2) is 7.53. The van der Waals surface area contributed by atoms with Crippen molar-refractivity contribution in [2.24, 2.45) is 5.92 Å². The van der Waals surface area contributed by atoms with E-state index >= 15 is 0 Å². The lowest BCUT2D eigenvalue weighted by Crippen LogP contribution is -2.12. The van der Waals surface area contributed by atoms with Gasteiger partial charge in [-0.3, -0.25) is 0 Å². The third-order valence-corrected chi connectivity index (χ3v) is 2.46. The molecule has 0 spiro atoms. The van der Waals surface area contributed by atoms with Crippen LogP contribution in [0.5, 0.6) is 0 Å². The molecule has 0 atom stereocenters. The predicted molar refractivity (Wildman–Crippen MR) is 70.1 cm³/mol. The molecule has 1 aromatic rings. The molecule has 0 aromatic heterocycles. The van der Waals surface area contributed by atoms with Gasteiger partial charge in [-0.1, -0.05) is 32.0 Å². The average Bonchev–Trinajstić information content (AvgIpc) is 2.29. The lowest BCUT2D eigenvalue weighted by Gasteiger charge is -2.11. The third kappa shape index (κ3) is 4.86. The van der Waals surface area contributed by atoms with Crippen LogP contribution in [0.2, 0.25) is 0 Å². The van der Waals surface area contributed by atoms with Gasteiger partial charge in [0.05, 0.1) is 6.61 Å². The van der Waals surface area contributed by atoms with Crippen LogP contribution in [-0.2, 0) is 10.6 Å². The second-order valence-electron chi connectivity index (χ2n) is 4.19. The van der Waals surface area contributed by atoms with Gasteiger partial charge in [0.25, 0.3) is 0 Å². The SMILES string of the molecule is CC(C)COCCNc1ccccc1CCl. The van der Waals surface area contributed by atoms with Crippen molar-refractivity contribution in [2.45, 2.75) is 19.7 Å². The summed E-state index contributed by atoms with van der Waals surface area (Å²) in [5.74, 6) is 1.13. The molecule has 3 heteroatoms. The Morgan fingerprint density at radius 2 is 2.06 bits per heavy atom. The number of benzene rings is 1. The van der Waals surface area contributed by atoms with Gasteiger partial charge in [-0.15, -0.1) is 11.6 Å². The van der Waals surface area contributed by atoms with Crippen LogP contribution in [0.3, 0.4) is 0 Å². The van der Waals surface area contributed by atoms with Crippen LogP contribution in [0.15, 0.2) is 24.3 Å². The van der Waals surface area contributed by atoms with Crippen LogP contribution in [-0.4, -0.2) is 19.8 Å². The van der Waals surface area contributed by atoms with Crippen molar-refractivity contribution in [1.29, 1.82) is 0 Å². The second-order valence-corrected chi connectivity index (χ2v) is 4.45. The molecule has 0 aliphatic rings. The third-order valence-electron chi connectivity index (χ3n) is 2.17. The van der Waals surface area contributed by atoms with Gasteiger partial charge in [0, 0.05) is 24.7 Å². The van der Waals surface area contributed by atoms with E-state index in [-0.39, 0.29) is 0 Å².